The van der Waals surface area contributed by atoms with Crippen molar-refractivity contribution in [2.45, 2.75) is 32.2 Å². The third kappa shape index (κ3) is 4.29. The van der Waals surface area contributed by atoms with Gasteiger partial charge in [-0.25, -0.2) is 9.97 Å². The van der Waals surface area contributed by atoms with Crippen molar-refractivity contribution in [3.8, 4) is 0 Å². The lowest BCUT2D eigenvalue weighted by molar-refractivity contribution is -0.122. The van der Waals surface area contributed by atoms with Gasteiger partial charge in [-0.1, -0.05) is 36.8 Å². The summed E-state index contributed by atoms with van der Waals surface area (Å²) in [5.74, 6) is -0.739. The average Bonchev–Trinajstić information content (AvgIpc) is 2.97. The van der Waals surface area contributed by atoms with Crippen LogP contribution in [0.15, 0.2) is 48.9 Å². The number of rotatable bonds is 5. The van der Waals surface area contributed by atoms with Crippen molar-refractivity contribution in [2.24, 2.45) is 11.7 Å². The third-order valence-electron chi connectivity index (χ3n) is 5.55. The van der Waals surface area contributed by atoms with E-state index in [-0.39, 0.29) is 17.7 Å². The van der Waals surface area contributed by atoms with Gasteiger partial charge in [-0.2, -0.15) is 0 Å². The Balaban J connectivity index is 1.50. The molecule has 1 atom stereocenters. The zero-order valence-corrected chi connectivity index (χ0v) is 16.3. The molecule has 0 radical (unpaired) electrons. The predicted octanol–water partition coefficient (Wildman–Crippen LogP) is 2.40. The van der Waals surface area contributed by atoms with E-state index in [0.717, 1.165) is 37.9 Å². The second-order valence-electron chi connectivity index (χ2n) is 7.59. The van der Waals surface area contributed by atoms with Gasteiger partial charge >= 0.3 is 0 Å². The summed E-state index contributed by atoms with van der Waals surface area (Å²) in [5.41, 5.74) is 8.70. The monoisotopic (exact) mass is 391 g/mol. The Morgan fingerprint density at radius 3 is 2.76 bits per heavy atom. The third-order valence-corrected chi connectivity index (χ3v) is 5.55. The van der Waals surface area contributed by atoms with E-state index in [9.17, 15) is 9.59 Å². The molecule has 7 heteroatoms. The van der Waals surface area contributed by atoms with E-state index in [4.69, 9.17) is 5.73 Å². The Morgan fingerprint density at radius 1 is 1.14 bits per heavy atom. The van der Waals surface area contributed by atoms with E-state index in [1.807, 2.05) is 22.8 Å². The summed E-state index contributed by atoms with van der Waals surface area (Å²) >= 11 is 0. The maximum absolute atomic E-state index is 13.0. The van der Waals surface area contributed by atoms with Gasteiger partial charge in [0, 0.05) is 25.8 Å². The molecule has 2 N–H and O–H groups in total. The maximum Gasteiger partial charge on any atom is 0.255 e. The van der Waals surface area contributed by atoms with Crippen molar-refractivity contribution in [1.82, 2.24) is 19.4 Å². The molecule has 0 aliphatic carbocycles. The molecule has 1 aliphatic heterocycles. The second kappa shape index (κ2) is 8.43. The lowest BCUT2D eigenvalue weighted by atomic mass is 10.0. The summed E-state index contributed by atoms with van der Waals surface area (Å²) in [7, 11) is 0. The topological polar surface area (TPSA) is 94.1 Å². The largest absolute Gasteiger partial charge is 0.369 e. The van der Waals surface area contributed by atoms with Crippen LogP contribution in [0.3, 0.4) is 0 Å². The number of aromatic nitrogens is 3. The van der Waals surface area contributed by atoms with E-state index < -0.39 is 0 Å². The Hall–Kier alpha value is -3.22. The predicted molar refractivity (Wildman–Crippen MR) is 110 cm³/mol. The molecule has 4 rings (SSSR count). The van der Waals surface area contributed by atoms with Crippen LogP contribution in [-0.4, -0.2) is 44.3 Å². The van der Waals surface area contributed by atoms with Gasteiger partial charge in [-0.3, -0.25) is 9.59 Å². The highest BCUT2D eigenvalue weighted by molar-refractivity contribution is 5.96. The van der Waals surface area contributed by atoms with Gasteiger partial charge in [0.15, 0.2) is 5.65 Å². The molecular formula is C22H25N5O2. The minimum absolute atomic E-state index is 0.119. The molecule has 0 bridgehead atoms. The molecular weight excluding hydrogens is 366 g/mol. The van der Waals surface area contributed by atoms with Gasteiger partial charge in [0.2, 0.25) is 5.91 Å². The molecule has 1 saturated heterocycles. The minimum atomic E-state index is -0.338. The van der Waals surface area contributed by atoms with Gasteiger partial charge in [-0.05, 0) is 30.9 Å². The van der Waals surface area contributed by atoms with Crippen molar-refractivity contribution in [3.63, 3.8) is 0 Å². The molecule has 2 aromatic heterocycles. The quantitative estimate of drug-likeness (QED) is 0.723. The van der Waals surface area contributed by atoms with E-state index in [1.165, 1.54) is 5.56 Å². The van der Waals surface area contributed by atoms with Gasteiger partial charge in [0.1, 0.15) is 5.52 Å². The van der Waals surface area contributed by atoms with Crippen LogP contribution in [0.4, 0.5) is 0 Å². The number of hydrogen-bond donors (Lipinski definition) is 1. The molecule has 1 aliphatic rings. The summed E-state index contributed by atoms with van der Waals surface area (Å²) in [6.07, 6.45) is 6.78. The number of carbonyl (C=O) groups excluding carboxylic acids is 2. The number of likely N-dealkylation sites (tertiary alicyclic amines) is 1. The number of pyridine rings is 1. The number of aryl methyl sites for hydroxylation is 2. The van der Waals surface area contributed by atoms with Crippen LogP contribution < -0.4 is 5.73 Å². The Kier molecular flexibility index (Phi) is 5.55. The van der Waals surface area contributed by atoms with Gasteiger partial charge in [-0.15, -0.1) is 0 Å². The van der Waals surface area contributed by atoms with Crippen LogP contribution in [0, 0.1) is 5.92 Å². The van der Waals surface area contributed by atoms with Crippen molar-refractivity contribution in [3.05, 3.63) is 60.0 Å². The van der Waals surface area contributed by atoms with Crippen molar-refractivity contribution in [2.75, 3.05) is 13.1 Å². The number of imidazole rings is 1. The van der Waals surface area contributed by atoms with E-state index >= 15 is 0 Å². The lowest BCUT2D eigenvalue weighted by Gasteiger charge is -2.23. The molecule has 1 aromatic carbocycles. The molecule has 2 amide bonds. The molecule has 1 fully saturated rings. The van der Waals surface area contributed by atoms with Crippen LogP contribution in [0.2, 0.25) is 0 Å². The number of hydrogen-bond acceptors (Lipinski definition) is 4. The lowest BCUT2D eigenvalue weighted by Crippen LogP contribution is -2.38. The minimum Gasteiger partial charge on any atom is -0.369 e. The molecule has 3 aromatic rings. The Labute approximate surface area is 169 Å². The fourth-order valence-electron chi connectivity index (χ4n) is 3.86. The number of nitrogens with two attached hydrogens (primary N) is 1. The fraction of sp³-hybridized carbons (Fsp3) is 0.364. The number of amides is 2. The number of carbonyl (C=O) groups is 2. The highest BCUT2D eigenvalue weighted by atomic mass is 16.2. The molecule has 3 heterocycles. The zero-order chi connectivity index (χ0) is 20.2. The summed E-state index contributed by atoms with van der Waals surface area (Å²) in [6, 6.07) is 12.1. The first-order valence-electron chi connectivity index (χ1n) is 10.1. The molecule has 150 valence electrons. The number of fused-ring (bicyclic) bond motifs is 1. The highest BCUT2D eigenvalue weighted by Gasteiger charge is 2.26. The van der Waals surface area contributed by atoms with Crippen LogP contribution in [0.25, 0.3) is 11.2 Å². The van der Waals surface area contributed by atoms with Gasteiger partial charge in [0.05, 0.1) is 17.8 Å². The van der Waals surface area contributed by atoms with Crippen molar-refractivity contribution in [1.29, 1.82) is 0 Å². The van der Waals surface area contributed by atoms with Crippen LogP contribution in [-0.2, 0) is 17.8 Å². The van der Waals surface area contributed by atoms with E-state index in [2.05, 4.69) is 22.1 Å². The summed E-state index contributed by atoms with van der Waals surface area (Å²) in [4.78, 5) is 35.3. The van der Waals surface area contributed by atoms with Crippen molar-refractivity contribution < 1.29 is 9.59 Å². The van der Waals surface area contributed by atoms with Crippen LogP contribution in [0.5, 0.6) is 0 Å². The SMILES string of the molecule is NC(=O)C1CCCCN(C(=O)c2cnc3c(c2)ncn3CCc2ccccc2)C1. The van der Waals surface area contributed by atoms with Crippen molar-refractivity contribution >= 4 is 23.0 Å². The zero-order valence-electron chi connectivity index (χ0n) is 16.3. The van der Waals surface area contributed by atoms with Gasteiger partial charge in [0.25, 0.3) is 5.91 Å². The Morgan fingerprint density at radius 2 is 1.97 bits per heavy atom. The maximum atomic E-state index is 13.0. The number of nitrogens with zero attached hydrogens (tertiary/aromatic N) is 4. The first-order valence-corrected chi connectivity index (χ1v) is 10.1. The normalized spacial score (nSPS) is 17.2. The number of primary amides is 1. The number of benzene rings is 1. The molecule has 0 spiro atoms. The standard InChI is InChI=1S/C22H25N5O2/c23-20(28)17-8-4-5-10-26(14-17)22(29)18-12-19-21(24-13-18)27(15-25-19)11-9-16-6-2-1-3-7-16/h1-3,6-7,12-13,15,17H,4-5,8-11,14H2,(H2,23,28). The summed E-state index contributed by atoms with van der Waals surface area (Å²) < 4.78 is 2.01. The first-order chi connectivity index (χ1) is 14.1. The fourth-order valence-corrected chi connectivity index (χ4v) is 3.86. The molecule has 1 unspecified atom stereocenters. The summed E-state index contributed by atoms with van der Waals surface area (Å²) in [6.45, 7) is 1.77. The van der Waals surface area contributed by atoms with Crippen LogP contribution >= 0.6 is 0 Å². The first kappa shape index (κ1) is 19.1. The summed E-state index contributed by atoms with van der Waals surface area (Å²) in [5, 5.41) is 0. The Bertz CT molecular complexity index is 1010. The molecule has 0 saturated carbocycles. The molecule has 29 heavy (non-hydrogen) atoms. The molecule has 7 nitrogen and oxygen atoms in total. The average molecular weight is 391 g/mol. The second-order valence-corrected chi connectivity index (χ2v) is 7.59. The van der Waals surface area contributed by atoms with Crippen LogP contribution in [0.1, 0.15) is 35.2 Å². The highest BCUT2D eigenvalue weighted by Crippen LogP contribution is 2.20. The van der Waals surface area contributed by atoms with Gasteiger partial charge < -0.3 is 15.2 Å². The smallest absolute Gasteiger partial charge is 0.255 e. The van der Waals surface area contributed by atoms with E-state index in [0.29, 0.717) is 24.2 Å². The van der Waals surface area contributed by atoms with E-state index in [1.54, 1.807) is 23.5 Å².